The van der Waals surface area contributed by atoms with E-state index < -0.39 is 0 Å². The number of carbonyl (C=O) groups excluding carboxylic acids is 1. The van der Waals surface area contributed by atoms with E-state index in [1.807, 2.05) is 6.07 Å². The molecule has 0 spiro atoms. The first-order chi connectivity index (χ1) is 7.13. The van der Waals surface area contributed by atoms with Crippen molar-refractivity contribution in [2.75, 3.05) is 13.1 Å². The summed E-state index contributed by atoms with van der Waals surface area (Å²) in [6, 6.07) is 5.45. The van der Waals surface area contributed by atoms with Gasteiger partial charge >= 0.3 is 0 Å². The fourth-order valence-electron chi connectivity index (χ4n) is 1.09. The molecule has 82 valence electrons. The number of amides is 1. The van der Waals surface area contributed by atoms with Crippen LogP contribution < -0.4 is 11.1 Å². The van der Waals surface area contributed by atoms with Crippen molar-refractivity contribution in [3.63, 3.8) is 0 Å². The van der Waals surface area contributed by atoms with Crippen LogP contribution in [0, 0.1) is 0 Å². The van der Waals surface area contributed by atoms with E-state index in [0.29, 0.717) is 18.7 Å². The Morgan fingerprint density at radius 1 is 1.27 bits per heavy atom. The SMILES string of the molecule is NCCCNC(=O)c1cc(Br)cc(Br)c1. The Bertz CT molecular complexity index is 335. The number of hydrogen-bond acceptors (Lipinski definition) is 2. The van der Waals surface area contributed by atoms with Gasteiger partial charge in [-0.1, -0.05) is 31.9 Å². The van der Waals surface area contributed by atoms with Crippen molar-refractivity contribution in [2.24, 2.45) is 5.73 Å². The van der Waals surface area contributed by atoms with Gasteiger partial charge in [-0.2, -0.15) is 0 Å². The summed E-state index contributed by atoms with van der Waals surface area (Å²) in [6.07, 6.45) is 0.793. The molecule has 0 saturated carbocycles. The molecule has 3 nitrogen and oxygen atoms in total. The second-order valence-corrected chi connectivity index (χ2v) is 4.89. The average Bonchev–Trinajstić information content (AvgIpc) is 2.16. The summed E-state index contributed by atoms with van der Waals surface area (Å²) in [5.41, 5.74) is 5.97. The minimum atomic E-state index is -0.0783. The maximum atomic E-state index is 11.6. The lowest BCUT2D eigenvalue weighted by Crippen LogP contribution is -2.25. The van der Waals surface area contributed by atoms with E-state index in [2.05, 4.69) is 37.2 Å². The summed E-state index contributed by atoms with van der Waals surface area (Å²) < 4.78 is 1.75. The van der Waals surface area contributed by atoms with Crippen LogP contribution >= 0.6 is 31.9 Å². The highest BCUT2D eigenvalue weighted by Crippen LogP contribution is 2.19. The largest absolute Gasteiger partial charge is 0.352 e. The topological polar surface area (TPSA) is 55.1 Å². The average molecular weight is 336 g/mol. The number of nitrogens with one attached hydrogen (secondary N) is 1. The highest BCUT2D eigenvalue weighted by molar-refractivity contribution is 9.11. The highest BCUT2D eigenvalue weighted by Gasteiger charge is 2.06. The van der Waals surface area contributed by atoms with E-state index in [1.165, 1.54) is 0 Å². The highest BCUT2D eigenvalue weighted by atomic mass is 79.9. The molecule has 1 rings (SSSR count). The van der Waals surface area contributed by atoms with Gasteiger partial charge in [-0.3, -0.25) is 4.79 Å². The molecule has 0 aliphatic rings. The second-order valence-electron chi connectivity index (χ2n) is 3.06. The smallest absolute Gasteiger partial charge is 0.251 e. The Hall–Kier alpha value is -0.390. The minimum Gasteiger partial charge on any atom is -0.352 e. The van der Waals surface area contributed by atoms with Gasteiger partial charge in [0.2, 0.25) is 0 Å². The molecule has 0 radical (unpaired) electrons. The summed E-state index contributed by atoms with van der Waals surface area (Å²) in [6.45, 7) is 1.20. The molecule has 15 heavy (non-hydrogen) atoms. The van der Waals surface area contributed by atoms with Crippen LogP contribution in [0.4, 0.5) is 0 Å². The standard InChI is InChI=1S/C10H12Br2N2O/c11-8-4-7(5-9(12)6-8)10(15)14-3-1-2-13/h4-6H,1-3,13H2,(H,14,15). The molecule has 0 aliphatic heterocycles. The molecule has 0 unspecified atom stereocenters. The van der Waals surface area contributed by atoms with E-state index in [4.69, 9.17) is 5.73 Å². The number of carbonyl (C=O) groups is 1. The lowest BCUT2D eigenvalue weighted by Gasteiger charge is -2.05. The van der Waals surface area contributed by atoms with Gasteiger partial charge in [0.05, 0.1) is 0 Å². The first kappa shape index (κ1) is 12.7. The van der Waals surface area contributed by atoms with E-state index in [1.54, 1.807) is 12.1 Å². The van der Waals surface area contributed by atoms with Crippen LogP contribution in [0.1, 0.15) is 16.8 Å². The van der Waals surface area contributed by atoms with Gasteiger partial charge in [-0.25, -0.2) is 0 Å². The van der Waals surface area contributed by atoms with Crippen LogP contribution in [0.5, 0.6) is 0 Å². The third kappa shape index (κ3) is 4.32. The fourth-order valence-corrected chi connectivity index (χ4v) is 2.38. The Morgan fingerprint density at radius 2 is 1.87 bits per heavy atom. The number of halogens is 2. The molecule has 0 saturated heterocycles. The lowest BCUT2D eigenvalue weighted by atomic mass is 10.2. The Kier molecular flexibility index (Phi) is 5.28. The fraction of sp³-hybridized carbons (Fsp3) is 0.300. The van der Waals surface area contributed by atoms with E-state index >= 15 is 0 Å². The molecule has 0 bridgehead atoms. The molecular formula is C10H12Br2N2O. The van der Waals surface area contributed by atoms with Gasteiger partial charge in [0.1, 0.15) is 0 Å². The van der Waals surface area contributed by atoms with Crippen molar-refractivity contribution in [3.8, 4) is 0 Å². The van der Waals surface area contributed by atoms with Crippen LogP contribution in [-0.4, -0.2) is 19.0 Å². The van der Waals surface area contributed by atoms with Gasteiger partial charge in [-0.05, 0) is 31.2 Å². The normalized spacial score (nSPS) is 10.1. The molecule has 3 N–H and O–H groups in total. The number of hydrogen-bond donors (Lipinski definition) is 2. The Labute approximate surface area is 106 Å². The lowest BCUT2D eigenvalue weighted by molar-refractivity contribution is 0.0953. The minimum absolute atomic E-state index is 0.0783. The monoisotopic (exact) mass is 334 g/mol. The van der Waals surface area contributed by atoms with Crippen molar-refractivity contribution in [1.82, 2.24) is 5.32 Å². The summed E-state index contributed by atoms with van der Waals surface area (Å²) in [5, 5.41) is 2.79. The van der Waals surface area contributed by atoms with Gasteiger partial charge < -0.3 is 11.1 Å². The van der Waals surface area contributed by atoms with Crippen molar-refractivity contribution in [1.29, 1.82) is 0 Å². The summed E-state index contributed by atoms with van der Waals surface area (Å²) in [4.78, 5) is 11.6. The first-order valence-corrected chi connectivity index (χ1v) is 6.16. The second kappa shape index (κ2) is 6.25. The molecule has 0 atom stereocenters. The summed E-state index contributed by atoms with van der Waals surface area (Å²) >= 11 is 6.67. The van der Waals surface area contributed by atoms with Crippen LogP contribution in [0.15, 0.2) is 27.1 Å². The molecule has 1 amide bonds. The number of rotatable bonds is 4. The zero-order valence-electron chi connectivity index (χ0n) is 8.09. The maximum Gasteiger partial charge on any atom is 0.251 e. The van der Waals surface area contributed by atoms with Crippen LogP contribution in [0.2, 0.25) is 0 Å². The molecule has 5 heteroatoms. The molecule has 0 aromatic heterocycles. The predicted octanol–water partition coefficient (Wildman–Crippen LogP) is 2.29. The van der Waals surface area contributed by atoms with Crippen LogP contribution in [0.3, 0.4) is 0 Å². The Balaban J connectivity index is 2.65. The van der Waals surface area contributed by atoms with Crippen molar-refractivity contribution >= 4 is 37.8 Å². The quantitative estimate of drug-likeness (QED) is 0.829. The van der Waals surface area contributed by atoms with Gasteiger partial charge in [0.15, 0.2) is 0 Å². The number of benzene rings is 1. The summed E-state index contributed by atoms with van der Waals surface area (Å²) in [7, 11) is 0. The molecule has 1 aromatic rings. The van der Waals surface area contributed by atoms with Crippen LogP contribution in [-0.2, 0) is 0 Å². The Morgan fingerprint density at radius 3 is 2.40 bits per heavy atom. The first-order valence-electron chi connectivity index (χ1n) is 4.58. The summed E-state index contributed by atoms with van der Waals surface area (Å²) in [5.74, 6) is -0.0783. The zero-order chi connectivity index (χ0) is 11.3. The molecule has 1 aromatic carbocycles. The van der Waals surface area contributed by atoms with Gasteiger partial charge in [0.25, 0.3) is 5.91 Å². The van der Waals surface area contributed by atoms with Crippen LogP contribution in [0.25, 0.3) is 0 Å². The zero-order valence-corrected chi connectivity index (χ0v) is 11.3. The number of nitrogens with two attached hydrogens (primary N) is 1. The van der Waals surface area contributed by atoms with E-state index in [0.717, 1.165) is 15.4 Å². The van der Waals surface area contributed by atoms with Crippen molar-refractivity contribution in [2.45, 2.75) is 6.42 Å². The van der Waals surface area contributed by atoms with Crippen molar-refractivity contribution < 1.29 is 4.79 Å². The third-order valence-corrected chi connectivity index (χ3v) is 2.71. The van der Waals surface area contributed by atoms with E-state index in [9.17, 15) is 4.79 Å². The molecule has 0 heterocycles. The maximum absolute atomic E-state index is 11.6. The van der Waals surface area contributed by atoms with E-state index in [-0.39, 0.29) is 5.91 Å². The molecular weight excluding hydrogens is 324 g/mol. The van der Waals surface area contributed by atoms with Gasteiger partial charge in [0, 0.05) is 21.1 Å². The third-order valence-electron chi connectivity index (χ3n) is 1.79. The van der Waals surface area contributed by atoms with Crippen molar-refractivity contribution in [3.05, 3.63) is 32.7 Å². The van der Waals surface area contributed by atoms with Gasteiger partial charge in [-0.15, -0.1) is 0 Å². The molecule has 0 aliphatic carbocycles. The molecule has 0 fully saturated rings. The predicted molar refractivity (Wildman–Crippen MR) is 67.8 cm³/mol.